The summed E-state index contributed by atoms with van der Waals surface area (Å²) in [5, 5.41) is 12.8. The smallest absolute Gasteiger partial charge is 0.234 e. The highest BCUT2D eigenvalue weighted by Gasteiger charge is 2.12. The van der Waals surface area contributed by atoms with E-state index < -0.39 is 0 Å². The number of carbonyl (C=O) groups excluding carboxylic acids is 1. The third kappa shape index (κ3) is 5.00. The second-order valence-electron chi connectivity index (χ2n) is 5.62. The van der Waals surface area contributed by atoms with Gasteiger partial charge in [0.05, 0.1) is 5.75 Å². The summed E-state index contributed by atoms with van der Waals surface area (Å²) in [6, 6.07) is 15.0. The number of thioether (sulfide) groups is 1. The van der Waals surface area contributed by atoms with Crippen molar-refractivity contribution in [2.24, 2.45) is 7.05 Å². The second kappa shape index (κ2) is 8.58. The van der Waals surface area contributed by atoms with E-state index in [0.717, 1.165) is 11.4 Å². The highest BCUT2D eigenvalue weighted by Crippen LogP contribution is 2.23. The van der Waals surface area contributed by atoms with Crippen LogP contribution in [0.4, 0.5) is 5.69 Å². The van der Waals surface area contributed by atoms with E-state index in [-0.39, 0.29) is 11.7 Å². The molecule has 3 aromatic rings. The van der Waals surface area contributed by atoms with Crippen molar-refractivity contribution in [3.8, 4) is 0 Å². The van der Waals surface area contributed by atoms with Gasteiger partial charge in [-0.3, -0.25) is 4.79 Å². The largest absolute Gasteiger partial charge is 0.325 e. The molecule has 0 aliphatic rings. The van der Waals surface area contributed by atoms with Crippen molar-refractivity contribution in [1.82, 2.24) is 14.8 Å². The minimum Gasteiger partial charge on any atom is -0.325 e. The molecule has 3 rings (SSSR count). The van der Waals surface area contributed by atoms with Crippen LogP contribution >= 0.6 is 35.0 Å². The van der Waals surface area contributed by atoms with Gasteiger partial charge in [0.2, 0.25) is 5.91 Å². The Kier molecular flexibility index (Phi) is 6.19. The third-order valence-corrected chi connectivity index (χ3v) is 5.07. The Bertz CT molecular complexity index is 895. The lowest BCUT2D eigenvalue weighted by Crippen LogP contribution is -2.14. The first-order valence-corrected chi connectivity index (χ1v) is 9.56. The average molecular weight is 407 g/mol. The number of benzene rings is 2. The summed E-state index contributed by atoms with van der Waals surface area (Å²) in [5.74, 6) is 0.892. The molecule has 2 aromatic carbocycles. The Labute approximate surface area is 165 Å². The Balaban J connectivity index is 1.58. The SMILES string of the molecule is Cn1c(Cc2ccccc2)nnc1SCC(=O)Nc1cc(Cl)cc(Cl)c1. The van der Waals surface area contributed by atoms with Gasteiger partial charge < -0.3 is 9.88 Å². The topological polar surface area (TPSA) is 59.8 Å². The van der Waals surface area contributed by atoms with Crippen LogP contribution in [0.25, 0.3) is 0 Å². The molecular formula is C18H16Cl2N4OS. The minimum absolute atomic E-state index is 0.166. The van der Waals surface area contributed by atoms with E-state index in [0.29, 0.717) is 27.3 Å². The molecule has 0 aliphatic carbocycles. The molecule has 134 valence electrons. The van der Waals surface area contributed by atoms with Crippen molar-refractivity contribution < 1.29 is 4.79 Å². The zero-order valence-electron chi connectivity index (χ0n) is 13.9. The minimum atomic E-state index is -0.166. The van der Waals surface area contributed by atoms with Crippen LogP contribution in [-0.2, 0) is 18.3 Å². The fourth-order valence-corrected chi connectivity index (χ4v) is 3.61. The van der Waals surface area contributed by atoms with E-state index >= 15 is 0 Å². The highest BCUT2D eigenvalue weighted by molar-refractivity contribution is 7.99. The molecule has 0 bridgehead atoms. The van der Waals surface area contributed by atoms with Crippen molar-refractivity contribution >= 4 is 46.6 Å². The molecule has 0 unspecified atom stereocenters. The number of carbonyl (C=O) groups is 1. The number of nitrogens with one attached hydrogen (secondary N) is 1. The first-order chi connectivity index (χ1) is 12.5. The Hall–Kier alpha value is -2.02. The van der Waals surface area contributed by atoms with Crippen LogP contribution in [0.2, 0.25) is 10.0 Å². The van der Waals surface area contributed by atoms with Gasteiger partial charge in [0, 0.05) is 29.2 Å². The Morgan fingerprint density at radius 1 is 1.12 bits per heavy atom. The van der Waals surface area contributed by atoms with Gasteiger partial charge in [-0.05, 0) is 23.8 Å². The van der Waals surface area contributed by atoms with Crippen molar-refractivity contribution in [2.75, 3.05) is 11.1 Å². The van der Waals surface area contributed by atoms with Crippen LogP contribution in [0.1, 0.15) is 11.4 Å². The Morgan fingerprint density at radius 3 is 2.50 bits per heavy atom. The van der Waals surface area contributed by atoms with E-state index in [1.807, 2.05) is 41.9 Å². The van der Waals surface area contributed by atoms with Crippen molar-refractivity contribution in [3.63, 3.8) is 0 Å². The van der Waals surface area contributed by atoms with E-state index in [9.17, 15) is 4.79 Å². The number of rotatable bonds is 6. The quantitative estimate of drug-likeness (QED) is 0.614. The van der Waals surface area contributed by atoms with Gasteiger partial charge in [-0.1, -0.05) is 65.3 Å². The molecule has 1 heterocycles. The van der Waals surface area contributed by atoms with Gasteiger partial charge in [-0.15, -0.1) is 10.2 Å². The normalized spacial score (nSPS) is 10.7. The maximum atomic E-state index is 12.1. The van der Waals surface area contributed by atoms with Crippen LogP contribution in [-0.4, -0.2) is 26.4 Å². The van der Waals surface area contributed by atoms with Crippen LogP contribution < -0.4 is 5.32 Å². The molecule has 1 N–H and O–H groups in total. The number of amides is 1. The number of nitrogens with zero attached hydrogens (tertiary/aromatic N) is 3. The molecule has 0 radical (unpaired) electrons. The van der Waals surface area contributed by atoms with Gasteiger partial charge in [-0.25, -0.2) is 0 Å². The first kappa shape index (κ1) is 18.8. The number of aromatic nitrogens is 3. The molecule has 0 saturated heterocycles. The molecule has 8 heteroatoms. The molecule has 0 aliphatic heterocycles. The predicted octanol–water partition coefficient (Wildman–Crippen LogP) is 4.44. The number of anilines is 1. The van der Waals surface area contributed by atoms with Crippen molar-refractivity contribution in [1.29, 1.82) is 0 Å². The fraction of sp³-hybridized carbons (Fsp3) is 0.167. The number of halogens is 2. The monoisotopic (exact) mass is 406 g/mol. The molecule has 5 nitrogen and oxygen atoms in total. The second-order valence-corrected chi connectivity index (χ2v) is 7.43. The predicted molar refractivity (Wildman–Crippen MR) is 106 cm³/mol. The maximum absolute atomic E-state index is 12.1. The van der Waals surface area contributed by atoms with Gasteiger partial charge in [0.1, 0.15) is 5.82 Å². The zero-order chi connectivity index (χ0) is 18.5. The van der Waals surface area contributed by atoms with E-state index in [1.54, 1.807) is 18.2 Å². The molecule has 0 saturated carbocycles. The highest BCUT2D eigenvalue weighted by atomic mass is 35.5. The van der Waals surface area contributed by atoms with Gasteiger partial charge in [-0.2, -0.15) is 0 Å². The molecule has 26 heavy (non-hydrogen) atoms. The van der Waals surface area contributed by atoms with Gasteiger partial charge in [0.25, 0.3) is 0 Å². The molecule has 0 fully saturated rings. The molecular weight excluding hydrogens is 391 g/mol. The molecule has 0 spiro atoms. The summed E-state index contributed by atoms with van der Waals surface area (Å²) in [6.45, 7) is 0. The third-order valence-electron chi connectivity index (χ3n) is 3.61. The summed E-state index contributed by atoms with van der Waals surface area (Å²) in [7, 11) is 1.90. The standard InChI is InChI=1S/C18H16Cl2N4OS/c1-24-16(7-12-5-3-2-4-6-12)22-23-18(24)26-11-17(25)21-15-9-13(19)8-14(20)10-15/h2-6,8-10H,7,11H2,1H3,(H,21,25). The van der Waals surface area contributed by atoms with Crippen LogP contribution in [0.3, 0.4) is 0 Å². The lowest BCUT2D eigenvalue weighted by atomic mass is 10.1. The Morgan fingerprint density at radius 2 is 1.81 bits per heavy atom. The molecule has 1 aromatic heterocycles. The van der Waals surface area contributed by atoms with Gasteiger partial charge >= 0.3 is 0 Å². The van der Waals surface area contributed by atoms with Crippen molar-refractivity contribution in [2.45, 2.75) is 11.6 Å². The van der Waals surface area contributed by atoms with Crippen LogP contribution in [0.15, 0.2) is 53.7 Å². The van der Waals surface area contributed by atoms with E-state index in [1.165, 1.54) is 11.8 Å². The van der Waals surface area contributed by atoms with E-state index in [4.69, 9.17) is 23.2 Å². The van der Waals surface area contributed by atoms with E-state index in [2.05, 4.69) is 15.5 Å². The lowest BCUT2D eigenvalue weighted by molar-refractivity contribution is -0.113. The van der Waals surface area contributed by atoms with Crippen LogP contribution in [0.5, 0.6) is 0 Å². The maximum Gasteiger partial charge on any atom is 0.234 e. The summed E-state index contributed by atoms with van der Waals surface area (Å²) >= 11 is 13.2. The van der Waals surface area contributed by atoms with Crippen LogP contribution in [0, 0.1) is 0 Å². The summed E-state index contributed by atoms with van der Waals surface area (Å²) < 4.78 is 1.90. The number of hydrogen-bond donors (Lipinski definition) is 1. The summed E-state index contributed by atoms with van der Waals surface area (Å²) in [5.41, 5.74) is 1.73. The zero-order valence-corrected chi connectivity index (χ0v) is 16.3. The average Bonchev–Trinajstić information content (AvgIpc) is 2.93. The number of hydrogen-bond acceptors (Lipinski definition) is 4. The molecule has 1 amide bonds. The molecule has 0 atom stereocenters. The fourth-order valence-electron chi connectivity index (χ4n) is 2.36. The summed E-state index contributed by atoms with van der Waals surface area (Å²) in [6.07, 6.45) is 0.693. The summed E-state index contributed by atoms with van der Waals surface area (Å²) in [4.78, 5) is 12.1. The first-order valence-electron chi connectivity index (χ1n) is 7.82. The van der Waals surface area contributed by atoms with Gasteiger partial charge in [0.15, 0.2) is 5.16 Å². The lowest BCUT2D eigenvalue weighted by Gasteiger charge is -2.07. The van der Waals surface area contributed by atoms with Crippen molar-refractivity contribution in [3.05, 3.63) is 70.0 Å².